The highest BCUT2D eigenvalue weighted by Gasteiger charge is 2.40. The lowest BCUT2D eigenvalue weighted by molar-refractivity contribution is -0.139. The molecular weight excluding hydrogens is 1500 g/mol. The first kappa shape index (κ1) is 97.3. The summed E-state index contributed by atoms with van der Waals surface area (Å²) in [5.41, 5.74) is 40.4. The number of thioether (sulfide) groups is 1. The number of aliphatic imine (C=N–C) groups is 3. The zero-order chi connectivity index (χ0) is 85.3. The van der Waals surface area contributed by atoms with Crippen LogP contribution in [0.2, 0.25) is 0 Å². The van der Waals surface area contributed by atoms with Crippen molar-refractivity contribution in [3.63, 3.8) is 0 Å². The van der Waals surface area contributed by atoms with Crippen molar-refractivity contribution >= 4 is 112 Å². The lowest BCUT2D eigenvalue weighted by Gasteiger charge is -2.31. The predicted octanol–water partition coefficient (Wildman–Crippen LogP) is -3.80. The van der Waals surface area contributed by atoms with Gasteiger partial charge in [0.1, 0.15) is 66.5 Å². The van der Waals surface area contributed by atoms with Gasteiger partial charge in [0, 0.05) is 51.2 Å². The molecule has 3 rings (SSSR count). The summed E-state index contributed by atoms with van der Waals surface area (Å²) in [5, 5.41) is 45.6. The Morgan fingerprint density at radius 2 is 0.772 bits per heavy atom. The number of carboxylic acids is 1. The number of hydrogen-bond acceptors (Lipinski definition) is 19. The maximum atomic E-state index is 15.0. The number of nitrogens with one attached hydrogen (secondary N) is 13. The topological polar surface area (TPSA) is 635 Å². The number of rotatable bonds is 30. The molecule has 0 unspecified atom stereocenters. The van der Waals surface area contributed by atoms with E-state index in [2.05, 4.69) is 84.1 Å². The summed E-state index contributed by atoms with van der Waals surface area (Å²) in [4.78, 5) is 213. The zero-order valence-electron chi connectivity index (χ0n) is 67.0. The van der Waals surface area contributed by atoms with Gasteiger partial charge in [-0.05, 0) is 92.1 Å². The van der Waals surface area contributed by atoms with Gasteiger partial charge >= 0.3 is 5.97 Å². The summed E-state index contributed by atoms with van der Waals surface area (Å²) in [6, 6.07) is 0.306. The molecule has 634 valence electrons. The second-order valence-electron chi connectivity index (χ2n) is 29.7. The second-order valence-corrected chi connectivity index (χ2v) is 30.7. The molecule has 1 saturated heterocycles. The van der Waals surface area contributed by atoms with Gasteiger partial charge in [-0.3, -0.25) is 82.1 Å². The van der Waals surface area contributed by atoms with Crippen molar-refractivity contribution in [1.29, 1.82) is 0 Å². The summed E-state index contributed by atoms with van der Waals surface area (Å²) in [6.07, 6.45) is -1.59. The van der Waals surface area contributed by atoms with Crippen molar-refractivity contribution in [2.45, 2.75) is 219 Å². The third-order valence-electron chi connectivity index (χ3n) is 18.3. The predicted molar refractivity (Wildman–Crippen MR) is 433 cm³/mol. The Hall–Kier alpha value is -10.9. The number of carboxylic acid groups (broad SMARTS) is 1. The van der Waals surface area contributed by atoms with Crippen molar-refractivity contribution in [2.24, 2.45) is 84.7 Å². The Kier molecular flexibility index (Phi) is 43.5. The molecule has 0 aromatic heterocycles. The van der Waals surface area contributed by atoms with Crippen LogP contribution in [0.3, 0.4) is 0 Å². The molecule has 28 N–H and O–H groups in total. The monoisotopic (exact) mass is 1620 g/mol. The summed E-state index contributed by atoms with van der Waals surface area (Å²) in [5.74, 6) is -16.7. The molecule has 2 aromatic rings. The van der Waals surface area contributed by atoms with Crippen molar-refractivity contribution in [3.05, 3.63) is 71.8 Å². The Morgan fingerprint density at radius 1 is 0.439 bits per heavy atom. The molecule has 0 aliphatic carbocycles. The Morgan fingerprint density at radius 3 is 1.17 bits per heavy atom. The van der Waals surface area contributed by atoms with Gasteiger partial charge < -0.3 is 114 Å². The number of nitrogens with two attached hydrogens (primary N) is 7. The first-order valence-corrected chi connectivity index (χ1v) is 39.6. The molecule has 114 heavy (non-hydrogen) atoms. The molecule has 1 heterocycles. The molecule has 0 spiro atoms. The number of carbonyl (C=O) groups excluding carboxylic acids is 13. The van der Waals surface area contributed by atoms with E-state index < -0.39 is 192 Å². The van der Waals surface area contributed by atoms with Crippen LogP contribution < -0.4 is 109 Å². The SMILES string of the molecule is CC[C@H](C)[C@@H]1NC(=O)[C@H](CC(C)C)NC(=O)[C@H](Cc2ccccc2)NC(=O)CSC[C@@H](CNCC(N)=O)NC(=O)[C@H](CCCN=C(N)N)NC(=O)[C@H](Cc2ccccc2)NC(=O)[C@H](C(C)C)NC(=O)[C@H](CCCN=C(N)N)NC(=O)[C@H](CCC(=O)O)NC(=O)[C@H](CCCN=C(N)N)NC(=O)[C@H](C(C)C)NC(=O)[C@H](C(C)C)NC1=O. The fourth-order valence-corrected chi connectivity index (χ4v) is 12.8. The quantitative estimate of drug-likeness (QED) is 0.0203. The van der Waals surface area contributed by atoms with E-state index in [0.29, 0.717) is 17.5 Å². The largest absolute Gasteiger partial charge is 0.481 e. The Bertz CT molecular complexity index is 3600. The van der Waals surface area contributed by atoms with Crippen LogP contribution in [0.25, 0.3) is 0 Å². The molecule has 0 bridgehead atoms. The van der Waals surface area contributed by atoms with E-state index in [1.807, 2.05) is 13.8 Å². The summed E-state index contributed by atoms with van der Waals surface area (Å²) >= 11 is 1.03. The molecule has 1 aliphatic heterocycles. The van der Waals surface area contributed by atoms with Crippen LogP contribution in [-0.4, -0.2) is 222 Å². The summed E-state index contributed by atoms with van der Waals surface area (Å²) < 4.78 is 0. The molecule has 13 atom stereocenters. The van der Waals surface area contributed by atoms with Gasteiger partial charge in [-0.2, -0.15) is 0 Å². The first-order valence-electron chi connectivity index (χ1n) is 38.5. The van der Waals surface area contributed by atoms with Crippen molar-refractivity contribution < 1.29 is 72.2 Å². The van der Waals surface area contributed by atoms with Crippen LogP contribution in [0.4, 0.5) is 0 Å². The third kappa shape index (κ3) is 37.2. The lowest BCUT2D eigenvalue weighted by atomic mass is 9.95. The van der Waals surface area contributed by atoms with Crippen molar-refractivity contribution in [3.8, 4) is 0 Å². The van der Waals surface area contributed by atoms with Crippen molar-refractivity contribution in [1.82, 2.24) is 69.1 Å². The minimum Gasteiger partial charge on any atom is -0.481 e. The Labute approximate surface area is 670 Å². The molecule has 0 saturated carbocycles. The fraction of sp³-hybridized carbons (Fsp3) is 0.613. The number of amides is 13. The van der Waals surface area contributed by atoms with Crippen molar-refractivity contribution in [2.75, 3.05) is 44.2 Å². The molecule has 2 aromatic carbocycles. The second kappa shape index (κ2) is 51.0. The average molecular weight is 1620 g/mol. The van der Waals surface area contributed by atoms with E-state index >= 15 is 0 Å². The van der Waals surface area contributed by atoms with Crippen LogP contribution in [0, 0.1) is 29.6 Å². The van der Waals surface area contributed by atoms with E-state index in [1.165, 1.54) is 0 Å². The van der Waals surface area contributed by atoms with Gasteiger partial charge in [-0.1, -0.05) is 136 Å². The Balaban J connectivity index is 2.37. The fourth-order valence-electron chi connectivity index (χ4n) is 11.9. The maximum Gasteiger partial charge on any atom is 0.303 e. The molecular formula is C75H123N23O15S. The number of carbonyl (C=O) groups is 14. The minimum absolute atomic E-state index is 0.000969. The molecule has 38 nitrogen and oxygen atoms in total. The van der Waals surface area contributed by atoms with E-state index in [1.54, 1.807) is 116 Å². The van der Waals surface area contributed by atoms with Gasteiger partial charge in [0.25, 0.3) is 0 Å². The van der Waals surface area contributed by atoms with Crippen LogP contribution in [0.1, 0.15) is 145 Å². The van der Waals surface area contributed by atoms with Gasteiger partial charge in [0.2, 0.25) is 76.8 Å². The average Bonchev–Trinajstić information content (AvgIpc) is 0.844. The highest BCUT2D eigenvalue weighted by atomic mass is 32.2. The molecule has 1 fully saturated rings. The van der Waals surface area contributed by atoms with Gasteiger partial charge in [0.05, 0.1) is 18.3 Å². The minimum atomic E-state index is -1.75. The van der Waals surface area contributed by atoms with E-state index in [4.69, 9.17) is 40.1 Å². The number of hydrogen-bond donors (Lipinski definition) is 21. The number of aliphatic carboxylic acids is 1. The number of nitrogens with zero attached hydrogens (tertiary/aromatic N) is 3. The van der Waals surface area contributed by atoms with Crippen LogP contribution >= 0.6 is 11.8 Å². The highest BCUT2D eigenvalue weighted by Crippen LogP contribution is 2.18. The molecule has 39 heteroatoms. The molecule has 13 amide bonds. The molecule has 0 radical (unpaired) electrons. The maximum absolute atomic E-state index is 15.0. The third-order valence-corrected chi connectivity index (χ3v) is 19.4. The van der Waals surface area contributed by atoms with Crippen LogP contribution in [0.15, 0.2) is 75.6 Å². The van der Waals surface area contributed by atoms with E-state index in [9.17, 15) is 72.2 Å². The van der Waals surface area contributed by atoms with Gasteiger partial charge in [-0.25, -0.2) is 0 Å². The summed E-state index contributed by atoms with van der Waals surface area (Å²) in [7, 11) is 0. The number of guanidine groups is 3. The standard InChI is InChI=1S/C75H123N23O15S/c1-11-44(10)61-72(113)97-60(43(8)9)71(112)96-59(42(6)7)69(110)92-49(26-19-31-85-74(79)80)63(104)91-51(28-29-57(101)102)64(105)89-50(27-20-32-86-75(81)82)65(106)95-58(41(4)5)70(111)94-54(35-46-23-16-13-17-24-46)67(108)90-48(25-18-30-84-73(77)78)62(103)87-47(36-83-37-55(76)99)38-114-39-56(100)88-53(34-45-21-14-12-15-22-45)66(107)93-52(33-40(2)3)68(109)98-61/h12-17,21-24,40-44,47-54,58-61,83H,11,18-20,25-39H2,1-10H3,(H2,76,99)(H,87,103)(H,88,100)(H,89,105)(H,90,108)(H,91,104)(H,92,110)(H,93,107)(H,94,111)(H,95,106)(H,96,112)(H,97,113)(H,98,109)(H,101,102)(H4,77,78,84)(H4,79,80,85)(H4,81,82,86)/t44-,47+,48-,49-,50-,51-,52-,53-,54-,58-,59-,60-,61-/m0/s1. The number of benzene rings is 2. The lowest BCUT2D eigenvalue weighted by Crippen LogP contribution is -2.62. The van der Waals surface area contributed by atoms with Crippen LogP contribution in [-0.2, 0) is 80.0 Å². The zero-order valence-corrected chi connectivity index (χ0v) is 67.8. The van der Waals surface area contributed by atoms with E-state index in [0.717, 1.165) is 11.8 Å². The smallest absolute Gasteiger partial charge is 0.303 e. The normalized spacial score (nSPS) is 23.5. The highest BCUT2D eigenvalue weighted by molar-refractivity contribution is 8.00. The summed E-state index contributed by atoms with van der Waals surface area (Å²) in [6.45, 7) is 16.1. The van der Waals surface area contributed by atoms with Gasteiger partial charge in [0.15, 0.2) is 17.9 Å². The number of primary amides is 1. The van der Waals surface area contributed by atoms with Crippen LogP contribution in [0.5, 0.6) is 0 Å². The van der Waals surface area contributed by atoms with Gasteiger partial charge in [-0.15, -0.1) is 11.8 Å². The molecule has 1 aliphatic rings. The first-order chi connectivity index (χ1) is 53.8. The van der Waals surface area contributed by atoms with E-state index in [-0.39, 0.29) is 126 Å².